The van der Waals surface area contributed by atoms with E-state index in [1.54, 1.807) is 21.3 Å². The molecular weight excluding hydrogens is 550 g/mol. The lowest BCUT2D eigenvalue weighted by Gasteiger charge is -2.45. The SMILES string of the molecule is CO[Si](CCCC[N+]1(C(C)C)CCCCC1)(OC)OC.O=S(=O)([N-]S(=O)(=O)C(F)(F)F)C(F)(F)F. The first-order valence-electron chi connectivity index (χ1n) is 10.6. The predicted molar refractivity (Wildman–Crippen MR) is 118 cm³/mol. The van der Waals surface area contributed by atoms with Crippen LogP contribution >= 0.6 is 0 Å². The largest absolute Gasteiger partial charge is 0.500 e. The number of hydrogen-bond donors (Lipinski definition) is 0. The summed E-state index contributed by atoms with van der Waals surface area (Å²) >= 11 is 0. The second-order valence-corrected chi connectivity index (χ2v) is 14.7. The molecule has 212 valence electrons. The Bertz CT molecular complexity index is 792. The van der Waals surface area contributed by atoms with Crippen LogP contribution in [0.4, 0.5) is 26.3 Å². The first-order valence-corrected chi connectivity index (χ1v) is 15.4. The van der Waals surface area contributed by atoms with E-state index in [1.807, 2.05) is 0 Å². The quantitative estimate of drug-likeness (QED) is 0.156. The van der Waals surface area contributed by atoms with Gasteiger partial charge in [0.15, 0.2) is 20.0 Å². The minimum atomic E-state index is -6.72. The normalized spacial score (nSPS) is 17.7. The number of unbranched alkanes of at least 4 members (excludes halogenated alkanes) is 1. The van der Waals surface area contributed by atoms with E-state index in [9.17, 15) is 43.2 Å². The van der Waals surface area contributed by atoms with Gasteiger partial charge in [-0.05, 0) is 46.0 Å². The van der Waals surface area contributed by atoms with Crippen molar-refractivity contribution in [2.24, 2.45) is 0 Å². The Balaban J connectivity index is 0.000000691. The van der Waals surface area contributed by atoms with Gasteiger partial charge in [-0.2, -0.15) is 26.3 Å². The Labute approximate surface area is 204 Å². The summed E-state index contributed by atoms with van der Waals surface area (Å²) in [5, 5.41) is 0. The van der Waals surface area contributed by atoms with Crippen molar-refractivity contribution in [2.75, 3.05) is 41.0 Å². The number of halogens is 6. The van der Waals surface area contributed by atoms with E-state index in [0.29, 0.717) is 0 Å². The van der Waals surface area contributed by atoms with Crippen LogP contribution in [-0.4, -0.2) is 88.1 Å². The van der Waals surface area contributed by atoms with Crippen molar-refractivity contribution in [3.05, 3.63) is 4.13 Å². The third-order valence-electron chi connectivity index (χ3n) is 5.85. The number of quaternary nitrogens is 1. The maximum atomic E-state index is 11.4. The second-order valence-electron chi connectivity index (χ2n) is 8.21. The molecular formula is C17H34F6N2O7S2Si. The molecule has 1 aliphatic rings. The van der Waals surface area contributed by atoms with E-state index in [-0.39, 0.29) is 0 Å². The first-order chi connectivity index (χ1) is 15.7. The third kappa shape index (κ3) is 10.1. The van der Waals surface area contributed by atoms with Gasteiger partial charge in [-0.1, -0.05) is 0 Å². The zero-order chi connectivity index (χ0) is 27.8. The Morgan fingerprint density at radius 2 is 1.20 bits per heavy atom. The van der Waals surface area contributed by atoms with Gasteiger partial charge in [0, 0.05) is 27.4 Å². The topological polar surface area (TPSA) is 110 Å². The molecule has 0 aromatic carbocycles. The molecule has 1 aliphatic heterocycles. The van der Waals surface area contributed by atoms with Gasteiger partial charge < -0.3 is 21.9 Å². The minimum Gasteiger partial charge on any atom is -0.421 e. The molecule has 35 heavy (non-hydrogen) atoms. The molecule has 0 bridgehead atoms. The van der Waals surface area contributed by atoms with Gasteiger partial charge in [-0.15, -0.1) is 0 Å². The van der Waals surface area contributed by atoms with Crippen LogP contribution in [0.15, 0.2) is 0 Å². The van der Waals surface area contributed by atoms with Crippen molar-refractivity contribution >= 4 is 28.9 Å². The highest BCUT2D eigenvalue weighted by Crippen LogP contribution is 2.36. The lowest BCUT2D eigenvalue weighted by Crippen LogP contribution is -2.56. The summed E-state index contributed by atoms with van der Waals surface area (Å²) in [6.45, 7) is 8.77. The highest BCUT2D eigenvalue weighted by molar-refractivity contribution is 8.13. The van der Waals surface area contributed by atoms with E-state index < -0.39 is 39.9 Å². The van der Waals surface area contributed by atoms with Crippen LogP contribution in [0.5, 0.6) is 0 Å². The Kier molecular flexibility index (Phi) is 13.1. The van der Waals surface area contributed by atoms with Crippen molar-refractivity contribution in [1.82, 2.24) is 0 Å². The molecule has 1 heterocycles. The van der Waals surface area contributed by atoms with Crippen LogP contribution in [0.25, 0.3) is 4.13 Å². The summed E-state index contributed by atoms with van der Waals surface area (Å²) in [6.07, 6.45) is 6.58. The molecule has 0 aromatic heterocycles. The summed E-state index contributed by atoms with van der Waals surface area (Å²) in [4.78, 5) is 0. The minimum absolute atomic E-state index is 0.740. The predicted octanol–water partition coefficient (Wildman–Crippen LogP) is 4.11. The molecule has 0 aliphatic carbocycles. The van der Waals surface area contributed by atoms with Crippen LogP contribution in [0.3, 0.4) is 0 Å². The highest BCUT2D eigenvalue weighted by Gasteiger charge is 2.47. The molecule has 0 saturated carbocycles. The fourth-order valence-electron chi connectivity index (χ4n) is 3.68. The molecule has 0 N–H and O–H groups in total. The Hall–Kier alpha value is -0.503. The standard InChI is InChI=1S/C15H34NO3Si.C2F6NO4S2/c1-15(2)16(11-7-6-8-12-16)13-9-10-14-20(17-3,18-4)19-5;3-1(4,5)14(10,11)9-15(12,13)2(6,7)8/h15H,6-14H2,1-5H3;/q+1;-1. The maximum absolute atomic E-state index is 11.4. The fraction of sp³-hybridized carbons (Fsp3) is 1.00. The molecule has 18 heteroatoms. The Morgan fingerprint density at radius 1 is 0.800 bits per heavy atom. The number of sulfonamides is 2. The molecule has 0 radical (unpaired) electrons. The third-order valence-corrected chi connectivity index (χ3v) is 11.4. The zero-order valence-electron chi connectivity index (χ0n) is 20.3. The summed E-state index contributed by atoms with van der Waals surface area (Å²) in [7, 11) is -10.7. The van der Waals surface area contributed by atoms with Gasteiger partial charge >= 0.3 is 19.8 Å². The monoisotopic (exact) mass is 584 g/mol. The van der Waals surface area contributed by atoms with Crippen LogP contribution in [0.2, 0.25) is 6.04 Å². The lowest BCUT2D eigenvalue weighted by atomic mass is 10.0. The van der Waals surface area contributed by atoms with E-state index in [1.165, 1.54) is 49.8 Å². The molecule has 0 amide bonds. The molecule has 0 aromatic rings. The van der Waals surface area contributed by atoms with Gasteiger partial charge in [0.25, 0.3) is 0 Å². The number of alkyl halides is 6. The average Bonchev–Trinajstić information content (AvgIpc) is 2.73. The summed E-state index contributed by atoms with van der Waals surface area (Å²) in [5.41, 5.74) is -12.4. The summed E-state index contributed by atoms with van der Waals surface area (Å²) in [5.74, 6) is 0. The zero-order valence-corrected chi connectivity index (χ0v) is 22.9. The van der Waals surface area contributed by atoms with Crippen LogP contribution in [0, 0.1) is 0 Å². The van der Waals surface area contributed by atoms with Gasteiger partial charge in [-0.25, -0.2) is 16.8 Å². The molecule has 1 fully saturated rings. The Morgan fingerprint density at radius 3 is 1.51 bits per heavy atom. The molecule has 0 unspecified atom stereocenters. The maximum Gasteiger partial charge on any atom is 0.500 e. The fourth-order valence-corrected chi connectivity index (χ4v) is 7.18. The smallest absolute Gasteiger partial charge is 0.421 e. The van der Waals surface area contributed by atoms with Gasteiger partial charge in [0.05, 0.1) is 25.7 Å². The number of rotatable bonds is 11. The van der Waals surface area contributed by atoms with Crippen molar-refractivity contribution in [3.8, 4) is 0 Å². The lowest BCUT2D eigenvalue weighted by molar-refractivity contribution is -0.952. The highest BCUT2D eigenvalue weighted by atomic mass is 32.3. The number of likely N-dealkylation sites (tertiary alicyclic amines) is 1. The second kappa shape index (κ2) is 13.3. The van der Waals surface area contributed by atoms with Crippen molar-refractivity contribution in [2.45, 2.75) is 69.1 Å². The van der Waals surface area contributed by atoms with Crippen LogP contribution in [-0.2, 0) is 33.3 Å². The van der Waals surface area contributed by atoms with Gasteiger partial charge in [-0.3, -0.25) is 0 Å². The number of piperidine rings is 1. The van der Waals surface area contributed by atoms with E-state index >= 15 is 0 Å². The van der Waals surface area contributed by atoms with Crippen molar-refractivity contribution in [1.29, 1.82) is 0 Å². The van der Waals surface area contributed by atoms with E-state index in [0.717, 1.165) is 22.6 Å². The van der Waals surface area contributed by atoms with Crippen LogP contribution < -0.4 is 0 Å². The van der Waals surface area contributed by atoms with Gasteiger partial charge in [0.2, 0.25) is 0 Å². The first kappa shape index (κ1) is 34.5. The van der Waals surface area contributed by atoms with E-state index in [4.69, 9.17) is 13.3 Å². The molecule has 0 spiro atoms. The molecule has 0 atom stereocenters. The molecule has 1 saturated heterocycles. The van der Waals surface area contributed by atoms with Crippen molar-refractivity contribution in [3.63, 3.8) is 0 Å². The van der Waals surface area contributed by atoms with Gasteiger partial charge in [0.1, 0.15) is 0 Å². The number of hydrogen-bond acceptors (Lipinski definition) is 7. The van der Waals surface area contributed by atoms with Crippen LogP contribution in [0.1, 0.15) is 46.0 Å². The summed E-state index contributed by atoms with van der Waals surface area (Å²) in [6, 6.07) is 1.67. The molecule has 9 nitrogen and oxygen atoms in total. The number of nitrogens with zero attached hydrogens (tertiary/aromatic N) is 2. The molecule has 1 rings (SSSR count). The summed E-state index contributed by atoms with van der Waals surface area (Å²) < 4.78 is 127. The average molecular weight is 585 g/mol. The van der Waals surface area contributed by atoms with E-state index in [2.05, 4.69) is 13.8 Å². The van der Waals surface area contributed by atoms with Crippen molar-refractivity contribution < 1.29 is 60.9 Å².